The summed E-state index contributed by atoms with van der Waals surface area (Å²) in [5.41, 5.74) is 2.93. The summed E-state index contributed by atoms with van der Waals surface area (Å²) >= 11 is 0. The van der Waals surface area contributed by atoms with Crippen molar-refractivity contribution < 1.29 is 4.79 Å². The van der Waals surface area contributed by atoms with Crippen LogP contribution in [0.25, 0.3) is 5.82 Å². The Bertz CT molecular complexity index is 995. The molecular weight excluding hydrogens is 346 g/mol. The van der Waals surface area contributed by atoms with Crippen LogP contribution in [0.3, 0.4) is 0 Å². The van der Waals surface area contributed by atoms with Crippen LogP contribution in [0.1, 0.15) is 34.4 Å². The van der Waals surface area contributed by atoms with Crippen molar-refractivity contribution >= 4 is 5.91 Å². The molecule has 3 aromatic rings. The van der Waals surface area contributed by atoms with Crippen molar-refractivity contribution in [2.45, 2.75) is 34.2 Å². The molecule has 0 saturated carbocycles. The molecule has 0 spiro atoms. The van der Waals surface area contributed by atoms with Crippen molar-refractivity contribution in [3.05, 3.63) is 57.4 Å². The number of nitrogens with one attached hydrogen (secondary N) is 2. The maximum Gasteiger partial charge on any atom is 0.264 e. The Hall–Kier alpha value is -3.23. The number of nitrogens with zero attached hydrogens (tertiary/aromatic N) is 5. The molecule has 0 aromatic carbocycles. The average Bonchev–Trinajstić information content (AvgIpc) is 3.15. The van der Waals surface area contributed by atoms with E-state index in [2.05, 4.69) is 32.6 Å². The van der Waals surface area contributed by atoms with Crippen molar-refractivity contribution in [3.63, 3.8) is 0 Å². The fraction of sp³-hybridized carbons (Fsp3) is 0.389. The van der Waals surface area contributed by atoms with Crippen LogP contribution in [0.5, 0.6) is 0 Å². The number of rotatable bonds is 6. The molecule has 3 heterocycles. The lowest BCUT2D eigenvalue weighted by Crippen LogP contribution is -2.30. The lowest BCUT2D eigenvalue weighted by atomic mass is 10.1. The van der Waals surface area contributed by atoms with Crippen LogP contribution in [0.4, 0.5) is 0 Å². The van der Waals surface area contributed by atoms with Crippen LogP contribution in [-0.4, -0.2) is 42.2 Å². The summed E-state index contributed by atoms with van der Waals surface area (Å²) in [6.45, 7) is 9.10. The van der Waals surface area contributed by atoms with E-state index in [-0.39, 0.29) is 17.4 Å². The van der Waals surface area contributed by atoms with Gasteiger partial charge in [0, 0.05) is 24.8 Å². The summed E-state index contributed by atoms with van der Waals surface area (Å²) in [6, 6.07) is 4.95. The molecule has 9 heteroatoms. The number of amides is 1. The predicted octanol–water partition coefficient (Wildman–Crippen LogP) is 1.14. The Morgan fingerprint density at radius 1 is 1.30 bits per heavy atom. The zero-order chi connectivity index (χ0) is 19.6. The van der Waals surface area contributed by atoms with Gasteiger partial charge in [-0.25, -0.2) is 9.78 Å². The van der Waals surface area contributed by atoms with Crippen molar-refractivity contribution in [1.82, 2.24) is 35.1 Å². The minimum atomic E-state index is -0.293. The summed E-state index contributed by atoms with van der Waals surface area (Å²) < 4.78 is 3.47. The molecule has 0 aliphatic heterocycles. The number of hydrogen-bond donors (Lipinski definition) is 2. The van der Waals surface area contributed by atoms with Gasteiger partial charge in [-0.1, -0.05) is 6.92 Å². The number of carbonyl (C=O) groups excluding carboxylic acids is 1. The Balaban J connectivity index is 1.63. The normalized spacial score (nSPS) is 12.1. The van der Waals surface area contributed by atoms with E-state index in [4.69, 9.17) is 0 Å². The molecule has 3 aromatic heterocycles. The second-order valence-electron chi connectivity index (χ2n) is 6.76. The first-order valence-corrected chi connectivity index (χ1v) is 8.75. The van der Waals surface area contributed by atoms with E-state index in [9.17, 15) is 9.59 Å². The van der Waals surface area contributed by atoms with Gasteiger partial charge in [0.1, 0.15) is 0 Å². The Kier molecular flexibility index (Phi) is 5.20. The number of aromatic amines is 1. The minimum Gasteiger partial charge on any atom is -0.352 e. The van der Waals surface area contributed by atoms with E-state index in [1.807, 2.05) is 24.6 Å². The molecular formula is C18H23N7O2. The quantitative estimate of drug-likeness (QED) is 0.677. The molecule has 27 heavy (non-hydrogen) atoms. The third kappa shape index (κ3) is 4.13. The van der Waals surface area contributed by atoms with Crippen molar-refractivity contribution in [1.29, 1.82) is 0 Å². The van der Waals surface area contributed by atoms with Gasteiger partial charge in [0.15, 0.2) is 5.82 Å². The molecule has 142 valence electrons. The van der Waals surface area contributed by atoms with Crippen LogP contribution >= 0.6 is 0 Å². The third-order valence-electron chi connectivity index (χ3n) is 4.33. The summed E-state index contributed by atoms with van der Waals surface area (Å²) in [5.74, 6) is 0.482. The molecule has 0 unspecified atom stereocenters. The van der Waals surface area contributed by atoms with Crippen molar-refractivity contribution in [2.75, 3.05) is 6.54 Å². The highest BCUT2D eigenvalue weighted by atomic mass is 16.1. The Morgan fingerprint density at radius 2 is 2.07 bits per heavy atom. The summed E-state index contributed by atoms with van der Waals surface area (Å²) in [4.78, 5) is 23.7. The molecule has 2 N–H and O–H groups in total. The molecule has 1 amide bonds. The molecule has 0 aliphatic carbocycles. The smallest absolute Gasteiger partial charge is 0.264 e. The lowest BCUT2D eigenvalue weighted by Gasteiger charge is -2.14. The number of hydrogen-bond acceptors (Lipinski definition) is 5. The zero-order valence-corrected chi connectivity index (χ0v) is 15.9. The number of aromatic nitrogens is 6. The van der Waals surface area contributed by atoms with Crippen LogP contribution in [0.15, 0.2) is 29.2 Å². The van der Waals surface area contributed by atoms with Gasteiger partial charge in [-0.2, -0.15) is 15.3 Å². The third-order valence-corrected chi connectivity index (χ3v) is 4.33. The Morgan fingerprint density at radius 3 is 2.70 bits per heavy atom. The van der Waals surface area contributed by atoms with Gasteiger partial charge in [0.25, 0.3) is 11.5 Å². The van der Waals surface area contributed by atoms with Gasteiger partial charge in [0.05, 0.1) is 23.1 Å². The van der Waals surface area contributed by atoms with Crippen LogP contribution in [0.2, 0.25) is 0 Å². The first kappa shape index (κ1) is 18.6. The van der Waals surface area contributed by atoms with Gasteiger partial charge >= 0.3 is 0 Å². The first-order valence-electron chi connectivity index (χ1n) is 8.75. The van der Waals surface area contributed by atoms with E-state index in [0.717, 1.165) is 17.9 Å². The fourth-order valence-electron chi connectivity index (χ4n) is 2.90. The molecule has 0 bridgehead atoms. The van der Waals surface area contributed by atoms with Gasteiger partial charge < -0.3 is 5.32 Å². The molecule has 9 nitrogen and oxygen atoms in total. The highest BCUT2D eigenvalue weighted by Crippen LogP contribution is 2.12. The first-order chi connectivity index (χ1) is 12.8. The monoisotopic (exact) mass is 369 g/mol. The minimum absolute atomic E-state index is 0.191. The zero-order valence-electron chi connectivity index (χ0n) is 15.9. The summed E-state index contributed by atoms with van der Waals surface area (Å²) in [5, 5.41) is 17.9. The van der Waals surface area contributed by atoms with E-state index in [0.29, 0.717) is 23.6 Å². The van der Waals surface area contributed by atoms with Crippen molar-refractivity contribution in [2.24, 2.45) is 5.92 Å². The highest BCUT2D eigenvalue weighted by Gasteiger charge is 2.17. The second-order valence-corrected chi connectivity index (χ2v) is 6.76. The fourth-order valence-corrected chi connectivity index (χ4v) is 2.90. The van der Waals surface area contributed by atoms with Gasteiger partial charge in [-0.05, 0) is 38.8 Å². The van der Waals surface area contributed by atoms with Gasteiger partial charge in [-0.3, -0.25) is 14.3 Å². The maximum atomic E-state index is 12.5. The molecule has 3 rings (SSSR count). The summed E-state index contributed by atoms with van der Waals surface area (Å²) in [6.07, 6.45) is 1.50. The molecule has 0 radical (unpaired) electrons. The highest BCUT2D eigenvalue weighted by molar-refractivity contribution is 5.95. The van der Waals surface area contributed by atoms with Gasteiger partial charge in [0.2, 0.25) is 0 Å². The van der Waals surface area contributed by atoms with E-state index in [1.165, 1.54) is 16.9 Å². The molecule has 0 saturated heterocycles. The average molecular weight is 369 g/mol. The molecule has 0 aliphatic rings. The van der Waals surface area contributed by atoms with E-state index in [1.54, 1.807) is 13.0 Å². The lowest BCUT2D eigenvalue weighted by molar-refractivity contribution is 0.0946. The number of carbonyl (C=O) groups is 1. The topological polar surface area (TPSA) is 110 Å². The predicted molar refractivity (Wildman–Crippen MR) is 99.9 cm³/mol. The van der Waals surface area contributed by atoms with E-state index >= 15 is 0 Å². The van der Waals surface area contributed by atoms with Crippen LogP contribution in [-0.2, 0) is 6.54 Å². The van der Waals surface area contributed by atoms with Crippen molar-refractivity contribution in [3.8, 4) is 5.82 Å². The maximum absolute atomic E-state index is 12.5. The Labute approximate surface area is 156 Å². The van der Waals surface area contributed by atoms with Crippen LogP contribution in [0, 0.1) is 26.7 Å². The molecule has 1 atom stereocenters. The largest absolute Gasteiger partial charge is 0.352 e. The van der Waals surface area contributed by atoms with E-state index < -0.39 is 0 Å². The summed E-state index contributed by atoms with van der Waals surface area (Å²) in [7, 11) is 0. The number of H-pyrrole nitrogens is 1. The van der Waals surface area contributed by atoms with Gasteiger partial charge in [-0.15, -0.1) is 0 Å². The number of aryl methyl sites for hydroxylation is 2. The second kappa shape index (κ2) is 7.56. The standard InChI is InChI=1S/C18H23N7O2/c1-11(10-24-13(3)7-12(2)23-24)8-19-18(27)15-9-20-25(14(15)4)16-5-6-17(26)22-21-16/h5-7,9,11H,8,10H2,1-4H3,(H,19,27)(H,22,26)/t11-/m1/s1. The molecule has 0 fully saturated rings. The SMILES string of the molecule is Cc1cc(C)n(C[C@H](C)CNC(=O)c2cnn(-c3ccc(=O)[nH]n3)c2C)n1. The van der Waals surface area contributed by atoms with Crippen LogP contribution < -0.4 is 10.9 Å².